The molecule has 0 radical (unpaired) electrons. The van der Waals surface area contributed by atoms with Gasteiger partial charge in [0.15, 0.2) is 6.10 Å². The van der Waals surface area contributed by atoms with Crippen LogP contribution in [0, 0.1) is 0 Å². The van der Waals surface area contributed by atoms with E-state index in [9.17, 15) is 14.4 Å². The number of carboxylic acid groups (broad SMARTS) is 1. The number of carbonyl (C=O) groups is 1. The third kappa shape index (κ3) is 2.82. The van der Waals surface area contributed by atoms with Gasteiger partial charge in [-0.05, 0) is 6.92 Å². The molecule has 1 unspecified atom stereocenters. The van der Waals surface area contributed by atoms with E-state index in [1.54, 1.807) is 0 Å². The molecule has 0 aliphatic rings. The van der Waals surface area contributed by atoms with Gasteiger partial charge in [-0.2, -0.15) is 0 Å². The third-order valence-electron chi connectivity index (χ3n) is 2.45. The second-order valence-corrected chi connectivity index (χ2v) is 3.67. The zero-order valence-electron chi connectivity index (χ0n) is 9.84. The summed E-state index contributed by atoms with van der Waals surface area (Å²) in [6, 6.07) is 1.25. The minimum atomic E-state index is -1.10. The van der Waals surface area contributed by atoms with Crippen LogP contribution in [-0.4, -0.2) is 26.3 Å². The molecule has 0 fully saturated rings. The summed E-state index contributed by atoms with van der Waals surface area (Å²) in [6.07, 6.45) is -0.992. The van der Waals surface area contributed by atoms with Crippen LogP contribution in [0.4, 0.5) is 0 Å². The molecule has 0 aliphatic heterocycles. The molecule has 17 heavy (non-hydrogen) atoms. The number of nitrogens with zero attached hydrogens (tertiary/aromatic N) is 2. The van der Waals surface area contributed by atoms with Crippen molar-refractivity contribution < 1.29 is 14.6 Å². The minimum absolute atomic E-state index is 0.102. The van der Waals surface area contributed by atoms with Crippen LogP contribution in [0.25, 0.3) is 0 Å². The van der Waals surface area contributed by atoms with Gasteiger partial charge in [-0.25, -0.2) is 9.59 Å². The predicted molar refractivity (Wildman–Crippen MR) is 58.8 cm³/mol. The fourth-order valence-electron chi connectivity index (χ4n) is 1.20. The van der Waals surface area contributed by atoms with Gasteiger partial charge in [-0.15, -0.1) is 0 Å². The van der Waals surface area contributed by atoms with Crippen molar-refractivity contribution >= 4 is 5.97 Å². The fraction of sp³-hybridized carbons (Fsp3) is 0.500. The molecule has 7 nitrogen and oxygen atoms in total. The predicted octanol–water partition coefficient (Wildman–Crippen LogP) is -0.926. The lowest BCUT2D eigenvalue weighted by Gasteiger charge is -2.11. The summed E-state index contributed by atoms with van der Waals surface area (Å²) >= 11 is 0. The highest BCUT2D eigenvalue weighted by molar-refractivity contribution is 5.71. The van der Waals surface area contributed by atoms with E-state index in [1.807, 2.05) is 0 Å². The second-order valence-electron chi connectivity index (χ2n) is 3.67. The second kappa shape index (κ2) is 4.96. The Kier molecular flexibility index (Phi) is 3.84. The van der Waals surface area contributed by atoms with Crippen molar-refractivity contribution in [1.82, 2.24) is 9.13 Å². The first kappa shape index (κ1) is 13.2. The summed E-state index contributed by atoms with van der Waals surface area (Å²) in [6.45, 7) is 1.27. The number of aromatic nitrogens is 2. The lowest BCUT2D eigenvalue weighted by Crippen LogP contribution is -2.38. The van der Waals surface area contributed by atoms with Crippen molar-refractivity contribution in [2.24, 2.45) is 14.1 Å². The molecule has 1 atom stereocenters. The molecule has 0 aromatic carbocycles. The Morgan fingerprint density at radius 1 is 1.41 bits per heavy atom. The van der Waals surface area contributed by atoms with E-state index >= 15 is 0 Å². The van der Waals surface area contributed by atoms with Gasteiger partial charge in [-0.1, -0.05) is 0 Å². The van der Waals surface area contributed by atoms with Crippen LogP contribution in [0.15, 0.2) is 15.7 Å². The minimum Gasteiger partial charge on any atom is -0.479 e. The van der Waals surface area contributed by atoms with Crippen molar-refractivity contribution in [3.8, 4) is 0 Å². The van der Waals surface area contributed by atoms with Crippen LogP contribution in [-0.2, 0) is 30.2 Å². The van der Waals surface area contributed by atoms with Gasteiger partial charge in [0.05, 0.1) is 12.3 Å². The molecule has 0 saturated heterocycles. The zero-order valence-corrected chi connectivity index (χ0v) is 9.84. The quantitative estimate of drug-likeness (QED) is 0.737. The Morgan fingerprint density at radius 3 is 2.53 bits per heavy atom. The number of hydrogen-bond acceptors (Lipinski definition) is 4. The van der Waals surface area contributed by atoms with E-state index in [0.29, 0.717) is 5.69 Å². The maximum absolute atomic E-state index is 11.5. The lowest BCUT2D eigenvalue weighted by atomic mass is 10.4. The third-order valence-corrected chi connectivity index (χ3v) is 2.45. The zero-order chi connectivity index (χ0) is 13.2. The molecule has 0 aliphatic carbocycles. The summed E-state index contributed by atoms with van der Waals surface area (Å²) in [5, 5.41) is 8.62. The molecule has 1 aromatic rings. The Morgan fingerprint density at radius 2 is 2.00 bits per heavy atom. The van der Waals surface area contributed by atoms with E-state index in [2.05, 4.69) is 0 Å². The van der Waals surface area contributed by atoms with E-state index in [-0.39, 0.29) is 6.61 Å². The first-order valence-electron chi connectivity index (χ1n) is 4.95. The Hall–Kier alpha value is -1.89. The van der Waals surface area contributed by atoms with Gasteiger partial charge >= 0.3 is 11.7 Å². The first-order chi connectivity index (χ1) is 7.84. The molecule has 1 aromatic heterocycles. The smallest absolute Gasteiger partial charge is 0.332 e. The van der Waals surface area contributed by atoms with Crippen LogP contribution in [0.2, 0.25) is 0 Å². The van der Waals surface area contributed by atoms with Crippen LogP contribution in [0.5, 0.6) is 0 Å². The standard InChI is InChI=1S/C10H14N2O5/c1-6(9(14)15)17-5-7-4-8(13)12(3)10(16)11(7)2/h4,6H,5H2,1-3H3,(H,14,15). The maximum atomic E-state index is 11.5. The summed E-state index contributed by atoms with van der Waals surface area (Å²) < 4.78 is 7.22. The molecule has 0 spiro atoms. The van der Waals surface area contributed by atoms with Crippen molar-refractivity contribution in [2.75, 3.05) is 0 Å². The average molecular weight is 242 g/mol. The molecule has 0 saturated carbocycles. The Bertz CT molecular complexity index is 543. The number of aliphatic carboxylic acids is 1. The first-order valence-corrected chi connectivity index (χ1v) is 4.95. The average Bonchev–Trinajstić information content (AvgIpc) is 2.28. The van der Waals surface area contributed by atoms with Gasteiger partial charge < -0.3 is 9.84 Å². The van der Waals surface area contributed by atoms with Gasteiger partial charge in [0.1, 0.15) is 0 Å². The maximum Gasteiger partial charge on any atom is 0.332 e. The summed E-state index contributed by atoms with van der Waals surface area (Å²) in [7, 11) is 2.86. The van der Waals surface area contributed by atoms with Crippen LogP contribution < -0.4 is 11.2 Å². The van der Waals surface area contributed by atoms with Crippen LogP contribution in [0.3, 0.4) is 0 Å². The summed E-state index contributed by atoms with van der Waals surface area (Å²) in [5.74, 6) is -1.10. The highest BCUT2D eigenvalue weighted by atomic mass is 16.5. The molecule has 0 bridgehead atoms. The summed E-state index contributed by atoms with van der Waals surface area (Å²) in [4.78, 5) is 33.4. The highest BCUT2D eigenvalue weighted by Crippen LogP contribution is 1.99. The topological polar surface area (TPSA) is 90.5 Å². The highest BCUT2D eigenvalue weighted by Gasteiger charge is 2.13. The van der Waals surface area contributed by atoms with E-state index < -0.39 is 23.3 Å². The normalized spacial score (nSPS) is 12.4. The van der Waals surface area contributed by atoms with Gasteiger partial charge in [0.2, 0.25) is 0 Å². The Balaban J connectivity index is 2.98. The van der Waals surface area contributed by atoms with Crippen molar-refractivity contribution in [3.63, 3.8) is 0 Å². The largest absolute Gasteiger partial charge is 0.479 e. The SMILES string of the molecule is CC(OCc1cc(=O)n(C)c(=O)n1C)C(=O)O. The molecular weight excluding hydrogens is 228 g/mol. The molecular formula is C10H14N2O5. The molecule has 7 heteroatoms. The molecule has 1 rings (SSSR count). The van der Waals surface area contributed by atoms with E-state index in [4.69, 9.17) is 9.84 Å². The molecule has 0 amide bonds. The van der Waals surface area contributed by atoms with Gasteiger partial charge in [0, 0.05) is 20.2 Å². The monoisotopic (exact) mass is 242 g/mol. The number of hydrogen-bond donors (Lipinski definition) is 1. The van der Waals surface area contributed by atoms with E-state index in [0.717, 1.165) is 4.57 Å². The van der Waals surface area contributed by atoms with Crippen molar-refractivity contribution in [1.29, 1.82) is 0 Å². The lowest BCUT2D eigenvalue weighted by molar-refractivity contribution is -0.150. The van der Waals surface area contributed by atoms with Crippen molar-refractivity contribution in [3.05, 3.63) is 32.6 Å². The number of rotatable bonds is 4. The number of carboxylic acids is 1. The molecule has 94 valence electrons. The fourth-order valence-corrected chi connectivity index (χ4v) is 1.20. The molecule has 1 heterocycles. The van der Waals surface area contributed by atoms with Gasteiger partial charge in [-0.3, -0.25) is 13.9 Å². The Labute approximate surface area is 96.9 Å². The van der Waals surface area contributed by atoms with Crippen LogP contribution >= 0.6 is 0 Å². The van der Waals surface area contributed by atoms with E-state index in [1.165, 1.54) is 31.7 Å². The van der Waals surface area contributed by atoms with Crippen LogP contribution in [0.1, 0.15) is 12.6 Å². The summed E-state index contributed by atoms with van der Waals surface area (Å²) in [5.41, 5.74) is -0.583. The molecule has 1 N–H and O–H groups in total. The van der Waals surface area contributed by atoms with Crippen molar-refractivity contribution in [2.45, 2.75) is 19.6 Å². The van der Waals surface area contributed by atoms with Gasteiger partial charge in [0.25, 0.3) is 5.56 Å². The number of ether oxygens (including phenoxy) is 1.